The standard InChI is InChI=1S/C25H26BrFN4O2/c1-4-31-24(26)22(25(29-31)33-15-17-8-6-5-7-9-17)12-18-14-30(3)28-23(18)20-11-10-19(27)13-21(20)16(2)32/h5-11,13-14,16,32H,4,12,15H2,1-3H3/t16-/m1/s1. The largest absolute Gasteiger partial charge is 0.472 e. The lowest BCUT2D eigenvalue weighted by atomic mass is 9.96. The van der Waals surface area contributed by atoms with Crippen molar-refractivity contribution in [1.82, 2.24) is 19.6 Å². The van der Waals surface area contributed by atoms with Gasteiger partial charge in [0.15, 0.2) is 0 Å². The number of aromatic nitrogens is 4. The minimum Gasteiger partial charge on any atom is -0.472 e. The van der Waals surface area contributed by atoms with E-state index in [1.807, 2.05) is 55.2 Å². The molecule has 0 fully saturated rings. The summed E-state index contributed by atoms with van der Waals surface area (Å²) >= 11 is 3.68. The van der Waals surface area contributed by atoms with Gasteiger partial charge in [0.2, 0.25) is 5.88 Å². The number of ether oxygens (including phenoxy) is 1. The van der Waals surface area contributed by atoms with Gasteiger partial charge < -0.3 is 9.84 Å². The number of hydrogen-bond donors (Lipinski definition) is 1. The summed E-state index contributed by atoms with van der Waals surface area (Å²) in [6.07, 6.45) is 1.61. The zero-order valence-corrected chi connectivity index (χ0v) is 20.4. The molecule has 0 saturated heterocycles. The lowest BCUT2D eigenvalue weighted by Crippen LogP contribution is -2.01. The van der Waals surface area contributed by atoms with E-state index in [1.165, 1.54) is 12.1 Å². The highest BCUT2D eigenvalue weighted by Crippen LogP contribution is 2.35. The van der Waals surface area contributed by atoms with Crippen LogP contribution in [0, 0.1) is 5.82 Å². The minimum absolute atomic E-state index is 0.393. The van der Waals surface area contributed by atoms with Gasteiger partial charge in [0, 0.05) is 37.3 Å². The Morgan fingerprint density at radius 3 is 2.61 bits per heavy atom. The second kappa shape index (κ2) is 9.89. The number of aliphatic hydroxyl groups excluding tert-OH is 1. The first-order chi connectivity index (χ1) is 15.9. The molecule has 0 spiro atoms. The molecule has 0 unspecified atom stereocenters. The van der Waals surface area contributed by atoms with E-state index in [0.29, 0.717) is 42.3 Å². The molecule has 0 amide bonds. The predicted octanol–water partition coefficient (Wildman–Crippen LogP) is 5.43. The molecule has 2 heterocycles. The maximum Gasteiger partial charge on any atom is 0.237 e. The van der Waals surface area contributed by atoms with Crippen LogP contribution < -0.4 is 4.74 Å². The quantitative estimate of drug-likeness (QED) is 0.342. The SMILES string of the molecule is CCn1nc(OCc2ccccc2)c(Cc2cn(C)nc2-c2ccc(F)cc2[C@@H](C)O)c1Br. The molecule has 2 aromatic heterocycles. The predicted molar refractivity (Wildman–Crippen MR) is 128 cm³/mol. The Morgan fingerprint density at radius 2 is 1.91 bits per heavy atom. The van der Waals surface area contributed by atoms with Crippen molar-refractivity contribution >= 4 is 15.9 Å². The van der Waals surface area contributed by atoms with E-state index in [2.05, 4.69) is 26.1 Å². The van der Waals surface area contributed by atoms with Crippen molar-refractivity contribution in [2.45, 2.75) is 39.5 Å². The number of hydrogen-bond acceptors (Lipinski definition) is 4. The molecule has 4 aromatic rings. The second-order valence-corrected chi connectivity index (χ2v) is 8.68. The number of aryl methyl sites for hydroxylation is 2. The lowest BCUT2D eigenvalue weighted by Gasteiger charge is -2.12. The van der Waals surface area contributed by atoms with Crippen LogP contribution in [0.15, 0.2) is 59.3 Å². The molecule has 0 aliphatic carbocycles. The summed E-state index contributed by atoms with van der Waals surface area (Å²) in [5.74, 6) is 0.160. The third kappa shape index (κ3) is 5.02. The molecule has 1 N–H and O–H groups in total. The van der Waals surface area contributed by atoms with Gasteiger partial charge in [-0.2, -0.15) is 5.10 Å². The van der Waals surface area contributed by atoms with Gasteiger partial charge in [-0.05, 0) is 59.1 Å². The zero-order chi connectivity index (χ0) is 23.5. The maximum atomic E-state index is 13.9. The van der Waals surface area contributed by atoms with Crippen molar-refractivity contribution in [3.63, 3.8) is 0 Å². The lowest BCUT2D eigenvalue weighted by molar-refractivity contribution is 0.199. The monoisotopic (exact) mass is 512 g/mol. The van der Waals surface area contributed by atoms with Gasteiger partial charge in [0.1, 0.15) is 17.0 Å². The summed E-state index contributed by atoms with van der Waals surface area (Å²) in [7, 11) is 1.84. The average molecular weight is 513 g/mol. The second-order valence-electron chi connectivity index (χ2n) is 7.93. The van der Waals surface area contributed by atoms with E-state index in [4.69, 9.17) is 4.74 Å². The molecular formula is C25H26BrFN4O2. The first-order valence-electron chi connectivity index (χ1n) is 10.8. The Balaban J connectivity index is 1.71. The Labute approximate surface area is 200 Å². The van der Waals surface area contributed by atoms with Crippen molar-refractivity contribution in [2.75, 3.05) is 0 Å². The number of rotatable bonds is 8. The highest BCUT2D eigenvalue weighted by atomic mass is 79.9. The molecule has 0 aliphatic heterocycles. The van der Waals surface area contributed by atoms with Crippen molar-refractivity contribution in [3.05, 3.63) is 87.4 Å². The van der Waals surface area contributed by atoms with Crippen molar-refractivity contribution in [2.24, 2.45) is 7.05 Å². The topological polar surface area (TPSA) is 65.1 Å². The van der Waals surface area contributed by atoms with Gasteiger partial charge in [0.05, 0.1) is 17.4 Å². The van der Waals surface area contributed by atoms with Crippen LogP contribution in [0.25, 0.3) is 11.3 Å². The van der Waals surface area contributed by atoms with E-state index in [1.54, 1.807) is 17.7 Å². The van der Waals surface area contributed by atoms with Gasteiger partial charge in [-0.3, -0.25) is 9.36 Å². The summed E-state index contributed by atoms with van der Waals surface area (Å²) in [6.45, 7) is 4.74. The van der Waals surface area contributed by atoms with Gasteiger partial charge in [-0.25, -0.2) is 4.39 Å². The molecule has 8 heteroatoms. The molecule has 4 rings (SSSR count). The Morgan fingerprint density at radius 1 is 1.15 bits per heavy atom. The summed E-state index contributed by atoms with van der Waals surface area (Å²) < 4.78 is 24.4. The molecule has 2 aromatic carbocycles. The molecule has 172 valence electrons. The fraction of sp³-hybridized carbons (Fsp3) is 0.280. The zero-order valence-electron chi connectivity index (χ0n) is 18.8. The molecule has 0 radical (unpaired) electrons. The van der Waals surface area contributed by atoms with Crippen molar-refractivity contribution in [3.8, 4) is 17.1 Å². The fourth-order valence-corrected chi connectivity index (χ4v) is 4.48. The molecule has 6 nitrogen and oxygen atoms in total. The Bertz CT molecular complexity index is 1250. The first kappa shape index (κ1) is 23.2. The van der Waals surface area contributed by atoms with E-state index >= 15 is 0 Å². The summed E-state index contributed by atoms with van der Waals surface area (Å²) in [5, 5.41) is 19.5. The van der Waals surface area contributed by atoms with Crippen LogP contribution in [0.2, 0.25) is 0 Å². The highest BCUT2D eigenvalue weighted by molar-refractivity contribution is 9.10. The smallest absolute Gasteiger partial charge is 0.237 e. The van der Waals surface area contributed by atoms with Crippen LogP contribution in [0.5, 0.6) is 5.88 Å². The molecule has 1 atom stereocenters. The van der Waals surface area contributed by atoms with Gasteiger partial charge in [-0.1, -0.05) is 30.3 Å². The van der Waals surface area contributed by atoms with E-state index in [-0.39, 0.29) is 0 Å². The van der Waals surface area contributed by atoms with E-state index in [9.17, 15) is 9.50 Å². The average Bonchev–Trinajstić information content (AvgIpc) is 3.32. The Hall–Kier alpha value is -2.97. The van der Waals surface area contributed by atoms with Gasteiger partial charge >= 0.3 is 0 Å². The molecule has 0 bridgehead atoms. The van der Waals surface area contributed by atoms with Crippen LogP contribution in [-0.2, 0) is 26.6 Å². The van der Waals surface area contributed by atoms with Gasteiger partial charge in [-0.15, -0.1) is 5.10 Å². The molecule has 0 aliphatic rings. The normalized spacial score (nSPS) is 12.2. The van der Waals surface area contributed by atoms with Crippen LogP contribution in [-0.4, -0.2) is 24.7 Å². The molecule has 33 heavy (non-hydrogen) atoms. The fourth-order valence-electron chi connectivity index (χ4n) is 3.84. The van der Waals surface area contributed by atoms with Crippen molar-refractivity contribution < 1.29 is 14.2 Å². The van der Waals surface area contributed by atoms with E-state index in [0.717, 1.165) is 21.3 Å². The summed E-state index contributed by atoms with van der Waals surface area (Å²) in [5.41, 5.74) is 4.78. The van der Waals surface area contributed by atoms with Crippen LogP contribution >= 0.6 is 15.9 Å². The van der Waals surface area contributed by atoms with Gasteiger partial charge in [0.25, 0.3) is 0 Å². The number of benzene rings is 2. The summed E-state index contributed by atoms with van der Waals surface area (Å²) in [6, 6.07) is 14.4. The van der Waals surface area contributed by atoms with Crippen LogP contribution in [0.1, 0.15) is 42.2 Å². The van der Waals surface area contributed by atoms with Crippen LogP contribution in [0.3, 0.4) is 0 Å². The minimum atomic E-state index is -0.829. The maximum absolute atomic E-state index is 13.9. The molecular weight excluding hydrogens is 487 g/mol. The Kier molecular flexibility index (Phi) is 6.95. The number of aliphatic hydroxyl groups is 1. The molecule has 0 saturated carbocycles. The van der Waals surface area contributed by atoms with Crippen LogP contribution in [0.4, 0.5) is 4.39 Å². The third-order valence-corrected chi connectivity index (χ3v) is 6.34. The van der Waals surface area contributed by atoms with Crippen molar-refractivity contribution in [1.29, 1.82) is 0 Å². The number of nitrogens with zero attached hydrogens (tertiary/aromatic N) is 4. The summed E-state index contributed by atoms with van der Waals surface area (Å²) in [4.78, 5) is 0. The first-order valence-corrected chi connectivity index (χ1v) is 11.6. The number of halogens is 2. The highest BCUT2D eigenvalue weighted by Gasteiger charge is 2.22. The van der Waals surface area contributed by atoms with E-state index < -0.39 is 11.9 Å². The third-order valence-electron chi connectivity index (χ3n) is 5.45.